The van der Waals surface area contributed by atoms with Gasteiger partial charge in [0.15, 0.2) is 0 Å². The Morgan fingerprint density at radius 1 is 1.24 bits per heavy atom. The standard InChI is InChI=1S/C20H21ClN4O3S/c1-22-20(26)19-16-10-15(12-4-5-12)18(24(2)29(3,27)28)11-17(16)23-25(19)14-8-6-13(21)7-9-14/h6-12H,4-5H2,1-3H3,(H,22,26). The van der Waals surface area contributed by atoms with Crippen LogP contribution in [0.1, 0.15) is 34.8 Å². The Bertz CT molecular complexity index is 1210. The Labute approximate surface area is 174 Å². The average molecular weight is 433 g/mol. The lowest BCUT2D eigenvalue weighted by molar-refractivity contribution is 0.0957. The molecule has 0 radical (unpaired) electrons. The van der Waals surface area contributed by atoms with Crippen molar-refractivity contribution in [2.45, 2.75) is 18.8 Å². The number of carbonyl (C=O) groups excluding carboxylic acids is 1. The van der Waals surface area contributed by atoms with Gasteiger partial charge in [0.1, 0.15) is 5.69 Å². The van der Waals surface area contributed by atoms with E-state index in [0.29, 0.717) is 33.0 Å². The van der Waals surface area contributed by atoms with Gasteiger partial charge in [0.2, 0.25) is 10.0 Å². The molecular formula is C20H21ClN4O3S. The summed E-state index contributed by atoms with van der Waals surface area (Å²) in [7, 11) is -0.319. The molecule has 0 bridgehead atoms. The van der Waals surface area contributed by atoms with E-state index in [1.807, 2.05) is 6.07 Å². The first-order valence-corrected chi connectivity index (χ1v) is 11.4. The molecule has 4 rings (SSSR count). The highest BCUT2D eigenvalue weighted by Crippen LogP contribution is 2.46. The number of hydrogen-bond donors (Lipinski definition) is 1. The minimum Gasteiger partial charge on any atom is -0.354 e. The number of amides is 1. The second-order valence-electron chi connectivity index (χ2n) is 7.25. The summed E-state index contributed by atoms with van der Waals surface area (Å²) >= 11 is 6.00. The molecule has 152 valence electrons. The van der Waals surface area contributed by atoms with Crippen LogP contribution < -0.4 is 9.62 Å². The molecular weight excluding hydrogens is 412 g/mol. The predicted octanol–water partition coefficient (Wildman–Crippen LogP) is 3.31. The first kappa shape index (κ1) is 19.7. The van der Waals surface area contributed by atoms with Gasteiger partial charge in [-0.05, 0) is 60.7 Å². The van der Waals surface area contributed by atoms with Crippen molar-refractivity contribution in [3.8, 4) is 5.69 Å². The maximum atomic E-state index is 12.7. The number of halogens is 1. The van der Waals surface area contributed by atoms with Crippen LogP contribution in [0.4, 0.5) is 5.69 Å². The molecule has 1 saturated carbocycles. The molecule has 1 aliphatic rings. The van der Waals surface area contributed by atoms with Crippen molar-refractivity contribution in [2.24, 2.45) is 0 Å². The van der Waals surface area contributed by atoms with Crippen LogP contribution in [0.3, 0.4) is 0 Å². The molecule has 0 aliphatic heterocycles. The number of benzene rings is 2. The minimum atomic E-state index is -3.43. The molecule has 1 amide bonds. The number of nitrogens with one attached hydrogen (secondary N) is 1. The highest BCUT2D eigenvalue weighted by Gasteiger charge is 2.31. The van der Waals surface area contributed by atoms with E-state index >= 15 is 0 Å². The number of rotatable bonds is 5. The topological polar surface area (TPSA) is 84.3 Å². The van der Waals surface area contributed by atoms with Gasteiger partial charge < -0.3 is 5.32 Å². The molecule has 1 aliphatic carbocycles. The highest BCUT2D eigenvalue weighted by atomic mass is 35.5. The summed E-state index contributed by atoms with van der Waals surface area (Å²) in [6.45, 7) is 0. The fourth-order valence-corrected chi connectivity index (χ4v) is 4.06. The van der Waals surface area contributed by atoms with E-state index in [0.717, 1.165) is 18.4 Å². The number of sulfonamides is 1. The smallest absolute Gasteiger partial charge is 0.270 e. The van der Waals surface area contributed by atoms with E-state index in [4.69, 9.17) is 11.6 Å². The Balaban J connectivity index is 2.00. The Morgan fingerprint density at radius 3 is 2.45 bits per heavy atom. The third-order valence-corrected chi connectivity index (χ3v) is 6.63. The number of fused-ring (bicyclic) bond motifs is 1. The molecule has 29 heavy (non-hydrogen) atoms. The van der Waals surface area contributed by atoms with E-state index in [9.17, 15) is 13.2 Å². The van der Waals surface area contributed by atoms with Crippen LogP contribution in [0, 0.1) is 0 Å². The third kappa shape index (κ3) is 3.58. The molecule has 9 heteroatoms. The average Bonchev–Trinajstić information content (AvgIpc) is 3.46. The van der Waals surface area contributed by atoms with Crippen molar-refractivity contribution >= 4 is 44.1 Å². The van der Waals surface area contributed by atoms with Gasteiger partial charge >= 0.3 is 0 Å². The van der Waals surface area contributed by atoms with Gasteiger partial charge in [-0.1, -0.05) is 11.6 Å². The summed E-state index contributed by atoms with van der Waals surface area (Å²) in [6, 6.07) is 10.7. The zero-order valence-electron chi connectivity index (χ0n) is 16.3. The van der Waals surface area contributed by atoms with Gasteiger partial charge in [0.25, 0.3) is 5.91 Å². The number of anilines is 1. The maximum absolute atomic E-state index is 12.7. The van der Waals surface area contributed by atoms with E-state index in [-0.39, 0.29) is 11.8 Å². The first-order valence-electron chi connectivity index (χ1n) is 9.19. The molecule has 2 aromatic carbocycles. The summed E-state index contributed by atoms with van der Waals surface area (Å²) < 4.78 is 27.2. The second-order valence-corrected chi connectivity index (χ2v) is 9.70. The lowest BCUT2D eigenvalue weighted by Crippen LogP contribution is -2.26. The summed E-state index contributed by atoms with van der Waals surface area (Å²) in [5.41, 5.74) is 3.17. The lowest BCUT2D eigenvalue weighted by Gasteiger charge is -2.20. The van der Waals surface area contributed by atoms with Crippen LogP contribution in [-0.2, 0) is 10.0 Å². The SMILES string of the molecule is CNC(=O)c1c2cc(C3CC3)c(N(C)S(C)(=O)=O)cc2nn1-c1ccc(Cl)cc1. The number of hydrogen-bond acceptors (Lipinski definition) is 4. The largest absolute Gasteiger partial charge is 0.354 e. The Morgan fingerprint density at radius 2 is 1.90 bits per heavy atom. The molecule has 0 spiro atoms. The van der Waals surface area contributed by atoms with Crippen LogP contribution in [-0.4, -0.2) is 44.5 Å². The van der Waals surface area contributed by atoms with Crippen LogP contribution >= 0.6 is 11.6 Å². The molecule has 7 nitrogen and oxygen atoms in total. The van der Waals surface area contributed by atoms with Gasteiger partial charge in [-0.15, -0.1) is 0 Å². The van der Waals surface area contributed by atoms with Crippen molar-refractivity contribution < 1.29 is 13.2 Å². The van der Waals surface area contributed by atoms with Gasteiger partial charge in [0.05, 0.1) is 23.1 Å². The summed E-state index contributed by atoms with van der Waals surface area (Å²) in [6.07, 6.45) is 3.17. The quantitative estimate of drug-likeness (QED) is 0.670. The lowest BCUT2D eigenvalue weighted by atomic mass is 10.0. The third-order valence-electron chi connectivity index (χ3n) is 5.19. The Hall–Kier alpha value is -2.58. The van der Waals surface area contributed by atoms with Gasteiger partial charge in [-0.3, -0.25) is 9.10 Å². The zero-order chi connectivity index (χ0) is 20.9. The molecule has 1 aromatic heterocycles. The molecule has 0 atom stereocenters. The molecule has 3 aromatic rings. The van der Waals surface area contributed by atoms with Crippen molar-refractivity contribution in [1.82, 2.24) is 15.1 Å². The van der Waals surface area contributed by atoms with E-state index in [1.54, 1.807) is 42.1 Å². The number of carbonyl (C=O) groups is 1. The molecule has 1 fully saturated rings. The summed E-state index contributed by atoms with van der Waals surface area (Å²) in [5, 5.41) is 8.56. The van der Waals surface area contributed by atoms with Crippen molar-refractivity contribution in [3.05, 3.63) is 52.7 Å². The minimum absolute atomic E-state index is 0.270. The van der Waals surface area contributed by atoms with Crippen LogP contribution in [0.25, 0.3) is 16.6 Å². The van der Waals surface area contributed by atoms with Gasteiger partial charge in [-0.25, -0.2) is 13.1 Å². The van der Waals surface area contributed by atoms with Crippen molar-refractivity contribution in [1.29, 1.82) is 0 Å². The molecule has 1 N–H and O–H groups in total. The summed E-state index contributed by atoms with van der Waals surface area (Å²) in [4.78, 5) is 12.7. The normalized spacial score (nSPS) is 14.2. The molecule has 0 saturated heterocycles. The van der Waals surface area contributed by atoms with Crippen LogP contribution in [0.2, 0.25) is 5.02 Å². The zero-order valence-corrected chi connectivity index (χ0v) is 17.9. The second kappa shape index (κ2) is 7.03. The number of nitrogens with zero attached hydrogens (tertiary/aromatic N) is 3. The van der Waals surface area contributed by atoms with Crippen LogP contribution in [0.15, 0.2) is 36.4 Å². The number of aromatic nitrogens is 2. The Kier molecular flexibility index (Phi) is 4.78. The fourth-order valence-electron chi connectivity index (χ4n) is 3.42. The van der Waals surface area contributed by atoms with Gasteiger partial charge in [-0.2, -0.15) is 5.10 Å². The first-order chi connectivity index (χ1) is 13.7. The van der Waals surface area contributed by atoms with Gasteiger partial charge in [0, 0.05) is 24.5 Å². The maximum Gasteiger partial charge on any atom is 0.270 e. The van der Waals surface area contributed by atoms with E-state index in [1.165, 1.54) is 17.6 Å². The highest BCUT2D eigenvalue weighted by molar-refractivity contribution is 7.92. The summed E-state index contributed by atoms with van der Waals surface area (Å²) in [5.74, 6) is 0.0171. The predicted molar refractivity (Wildman–Crippen MR) is 115 cm³/mol. The van der Waals surface area contributed by atoms with E-state index in [2.05, 4.69) is 10.4 Å². The fraction of sp³-hybridized carbons (Fsp3) is 0.300. The van der Waals surface area contributed by atoms with E-state index < -0.39 is 10.0 Å². The molecule has 0 unspecified atom stereocenters. The monoisotopic (exact) mass is 432 g/mol. The van der Waals surface area contributed by atoms with Crippen LogP contribution in [0.5, 0.6) is 0 Å². The molecule has 1 heterocycles. The van der Waals surface area contributed by atoms with Crippen molar-refractivity contribution in [2.75, 3.05) is 24.7 Å². The van der Waals surface area contributed by atoms with Crippen molar-refractivity contribution in [3.63, 3.8) is 0 Å².